The molecule has 0 spiro atoms. The third kappa shape index (κ3) is 3.44. The third-order valence-corrected chi connectivity index (χ3v) is 1.92. The van der Waals surface area contributed by atoms with Gasteiger partial charge in [-0.2, -0.15) is 0 Å². The van der Waals surface area contributed by atoms with Crippen molar-refractivity contribution in [2.45, 2.75) is 40.2 Å². The van der Waals surface area contributed by atoms with Gasteiger partial charge >= 0.3 is 6.03 Å². The summed E-state index contributed by atoms with van der Waals surface area (Å²) in [7, 11) is 0. The monoisotopic (exact) mass is 186 g/mol. The quantitative estimate of drug-likeness (QED) is 0.723. The van der Waals surface area contributed by atoms with E-state index in [9.17, 15) is 9.59 Å². The molecule has 0 aliphatic heterocycles. The lowest BCUT2D eigenvalue weighted by molar-refractivity contribution is -0.127. The molecule has 0 aromatic rings. The van der Waals surface area contributed by atoms with Crippen LogP contribution >= 0.6 is 0 Å². The number of amides is 3. The van der Waals surface area contributed by atoms with E-state index in [2.05, 4.69) is 5.32 Å². The van der Waals surface area contributed by atoms with E-state index in [1.165, 1.54) is 11.8 Å². The zero-order valence-electron chi connectivity index (χ0n) is 8.76. The van der Waals surface area contributed by atoms with Crippen molar-refractivity contribution in [2.24, 2.45) is 0 Å². The van der Waals surface area contributed by atoms with Crippen molar-refractivity contribution in [3.05, 3.63) is 0 Å². The average molecular weight is 186 g/mol. The normalized spacial score (nSPS) is 12.0. The molecule has 13 heavy (non-hydrogen) atoms. The first kappa shape index (κ1) is 11.9. The molecule has 0 aliphatic rings. The fourth-order valence-electron chi connectivity index (χ4n) is 1.07. The van der Waals surface area contributed by atoms with Crippen LogP contribution in [0.25, 0.3) is 0 Å². The molecular formula is C9H18N2O2. The smallest absolute Gasteiger partial charge is 0.324 e. The molecule has 0 aromatic heterocycles. The Morgan fingerprint density at radius 1 is 1.38 bits per heavy atom. The van der Waals surface area contributed by atoms with Crippen molar-refractivity contribution in [3.8, 4) is 0 Å². The van der Waals surface area contributed by atoms with Crippen LogP contribution in [0, 0.1) is 0 Å². The number of hydrogen-bond acceptors (Lipinski definition) is 2. The Kier molecular flexibility index (Phi) is 5.11. The summed E-state index contributed by atoms with van der Waals surface area (Å²) in [6.07, 6.45) is 0.775. The number of rotatable bonds is 3. The van der Waals surface area contributed by atoms with E-state index in [0.717, 1.165) is 6.42 Å². The topological polar surface area (TPSA) is 49.4 Å². The Balaban J connectivity index is 4.41. The van der Waals surface area contributed by atoms with Gasteiger partial charge in [-0.1, -0.05) is 6.92 Å². The highest BCUT2D eigenvalue weighted by atomic mass is 16.2. The van der Waals surface area contributed by atoms with Gasteiger partial charge in [-0.3, -0.25) is 9.69 Å². The van der Waals surface area contributed by atoms with Crippen molar-refractivity contribution in [3.63, 3.8) is 0 Å². The molecule has 4 heteroatoms. The van der Waals surface area contributed by atoms with Crippen molar-refractivity contribution in [1.82, 2.24) is 10.2 Å². The van der Waals surface area contributed by atoms with Gasteiger partial charge in [0.15, 0.2) is 0 Å². The van der Waals surface area contributed by atoms with Crippen LogP contribution in [0.5, 0.6) is 0 Å². The summed E-state index contributed by atoms with van der Waals surface area (Å²) in [5.74, 6) is -0.208. The SMILES string of the molecule is CCNC(=O)N(C(C)=O)C(C)CC. The lowest BCUT2D eigenvalue weighted by atomic mass is 10.2. The molecule has 0 rings (SSSR count). The van der Waals surface area contributed by atoms with Crippen LogP contribution in [0.2, 0.25) is 0 Å². The first-order valence-corrected chi connectivity index (χ1v) is 4.62. The molecule has 1 atom stereocenters. The summed E-state index contributed by atoms with van der Waals surface area (Å²) in [6, 6.07) is -0.339. The average Bonchev–Trinajstić information content (AvgIpc) is 2.04. The minimum absolute atomic E-state index is 0.0379. The molecule has 0 aliphatic carbocycles. The van der Waals surface area contributed by atoms with E-state index in [1.807, 2.05) is 20.8 Å². The first-order valence-electron chi connectivity index (χ1n) is 4.62. The second-order valence-corrected chi connectivity index (χ2v) is 2.98. The van der Waals surface area contributed by atoms with Crippen LogP contribution in [0.4, 0.5) is 4.79 Å². The Labute approximate surface area is 79.3 Å². The number of carbonyl (C=O) groups excluding carboxylic acids is 2. The van der Waals surface area contributed by atoms with Gasteiger partial charge in [-0.05, 0) is 20.3 Å². The minimum Gasteiger partial charge on any atom is -0.338 e. The fraction of sp³-hybridized carbons (Fsp3) is 0.778. The molecule has 4 nitrogen and oxygen atoms in total. The van der Waals surface area contributed by atoms with Gasteiger partial charge < -0.3 is 5.32 Å². The van der Waals surface area contributed by atoms with Crippen molar-refractivity contribution in [1.29, 1.82) is 0 Å². The number of carbonyl (C=O) groups is 2. The van der Waals surface area contributed by atoms with E-state index in [4.69, 9.17) is 0 Å². The summed E-state index contributed by atoms with van der Waals surface area (Å²) in [4.78, 5) is 23.8. The molecule has 1 N–H and O–H groups in total. The summed E-state index contributed by atoms with van der Waals surface area (Å²) >= 11 is 0. The summed E-state index contributed by atoms with van der Waals surface area (Å²) in [5, 5.41) is 2.61. The molecule has 0 saturated carbocycles. The predicted molar refractivity (Wildman–Crippen MR) is 51.3 cm³/mol. The molecule has 3 amide bonds. The Morgan fingerprint density at radius 3 is 2.23 bits per heavy atom. The molecule has 0 fully saturated rings. The number of urea groups is 1. The summed E-state index contributed by atoms with van der Waals surface area (Å²) in [5.41, 5.74) is 0. The molecule has 0 aromatic carbocycles. The highest BCUT2D eigenvalue weighted by Crippen LogP contribution is 2.03. The van der Waals surface area contributed by atoms with Crippen molar-refractivity contribution in [2.75, 3.05) is 6.54 Å². The van der Waals surface area contributed by atoms with Crippen LogP contribution in [0.3, 0.4) is 0 Å². The van der Waals surface area contributed by atoms with Crippen LogP contribution in [-0.2, 0) is 4.79 Å². The van der Waals surface area contributed by atoms with Gasteiger partial charge in [0.2, 0.25) is 5.91 Å². The summed E-state index contributed by atoms with van der Waals surface area (Å²) < 4.78 is 0. The van der Waals surface area contributed by atoms with Crippen molar-refractivity contribution >= 4 is 11.9 Å². The molecule has 0 saturated heterocycles. The van der Waals surface area contributed by atoms with Gasteiger partial charge in [0.1, 0.15) is 0 Å². The Hall–Kier alpha value is -1.06. The molecule has 0 heterocycles. The maximum atomic E-state index is 11.4. The van der Waals surface area contributed by atoms with Crippen molar-refractivity contribution < 1.29 is 9.59 Å². The third-order valence-electron chi connectivity index (χ3n) is 1.92. The predicted octanol–water partition coefficient (Wildman–Crippen LogP) is 1.36. The maximum absolute atomic E-state index is 11.4. The molecule has 0 bridgehead atoms. The Bertz CT molecular complexity index is 192. The molecule has 0 radical (unpaired) electrons. The second-order valence-electron chi connectivity index (χ2n) is 2.98. The largest absolute Gasteiger partial charge is 0.338 e. The zero-order valence-corrected chi connectivity index (χ0v) is 8.76. The van der Waals surface area contributed by atoms with E-state index < -0.39 is 0 Å². The number of imide groups is 1. The van der Waals surface area contributed by atoms with E-state index in [0.29, 0.717) is 6.54 Å². The molecular weight excluding hydrogens is 168 g/mol. The van der Waals surface area contributed by atoms with Crippen LogP contribution in [-0.4, -0.2) is 29.4 Å². The molecule has 76 valence electrons. The zero-order chi connectivity index (χ0) is 10.4. The highest BCUT2D eigenvalue weighted by Gasteiger charge is 2.21. The van der Waals surface area contributed by atoms with Gasteiger partial charge in [0.25, 0.3) is 0 Å². The van der Waals surface area contributed by atoms with Gasteiger partial charge in [0, 0.05) is 19.5 Å². The Morgan fingerprint density at radius 2 is 1.92 bits per heavy atom. The van der Waals surface area contributed by atoms with Gasteiger partial charge in [-0.25, -0.2) is 4.79 Å². The van der Waals surface area contributed by atoms with Gasteiger partial charge in [-0.15, -0.1) is 0 Å². The lowest BCUT2D eigenvalue weighted by Gasteiger charge is -2.25. The minimum atomic E-state index is -0.302. The maximum Gasteiger partial charge on any atom is 0.324 e. The highest BCUT2D eigenvalue weighted by molar-refractivity contribution is 5.93. The van der Waals surface area contributed by atoms with E-state index in [1.54, 1.807) is 0 Å². The standard InChI is InChI=1S/C9H18N2O2/c1-5-7(3)11(8(4)12)9(13)10-6-2/h7H,5-6H2,1-4H3,(H,10,13). The second kappa shape index (κ2) is 5.56. The van der Waals surface area contributed by atoms with Crippen LogP contribution < -0.4 is 5.32 Å². The first-order chi connectivity index (χ1) is 6.04. The van der Waals surface area contributed by atoms with E-state index in [-0.39, 0.29) is 18.0 Å². The number of nitrogens with zero attached hydrogens (tertiary/aromatic N) is 1. The summed E-state index contributed by atoms with van der Waals surface area (Å²) in [6.45, 7) is 7.57. The number of nitrogens with one attached hydrogen (secondary N) is 1. The number of hydrogen-bond donors (Lipinski definition) is 1. The fourth-order valence-corrected chi connectivity index (χ4v) is 1.07. The van der Waals surface area contributed by atoms with Crippen LogP contribution in [0.1, 0.15) is 34.1 Å². The molecule has 1 unspecified atom stereocenters. The van der Waals surface area contributed by atoms with Gasteiger partial charge in [0.05, 0.1) is 0 Å². The lowest BCUT2D eigenvalue weighted by Crippen LogP contribution is -2.47. The van der Waals surface area contributed by atoms with Crippen LogP contribution in [0.15, 0.2) is 0 Å². The van der Waals surface area contributed by atoms with E-state index >= 15 is 0 Å².